The molecule has 4 heteroatoms. The van der Waals surface area contributed by atoms with Crippen LogP contribution >= 0.6 is 12.2 Å². The normalized spacial score (nSPS) is 10.5. The summed E-state index contributed by atoms with van der Waals surface area (Å²) < 4.78 is 0. The van der Waals surface area contributed by atoms with Gasteiger partial charge in [-0.15, -0.1) is 0 Å². The summed E-state index contributed by atoms with van der Waals surface area (Å²) >= 11 is 5.04. The highest BCUT2D eigenvalue weighted by atomic mass is 32.1. The molecule has 0 saturated heterocycles. The van der Waals surface area contributed by atoms with Crippen LogP contribution in [0.15, 0.2) is 18.3 Å². The number of hydrogen-bond donors (Lipinski definition) is 1. The lowest BCUT2D eigenvalue weighted by atomic mass is 10.1. The Morgan fingerprint density at radius 2 is 2.12 bits per heavy atom. The van der Waals surface area contributed by atoms with Crippen LogP contribution < -0.4 is 10.6 Å². The molecule has 0 aromatic carbocycles. The molecule has 1 aromatic heterocycles. The molecule has 0 aliphatic carbocycles. The summed E-state index contributed by atoms with van der Waals surface area (Å²) in [4.78, 5) is 6.94. The molecule has 2 N–H and O–H groups in total. The van der Waals surface area contributed by atoms with Crippen molar-refractivity contribution in [1.29, 1.82) is 0 Å². The Morgan fingerprint density at radius 3 is 2.62 bits per heavy atom. The molecule has 88 valence electrons. The Kier molecular flexibility index (Phi) is 4.68. The first-order chi connectivity index (χ1) is 7.61. The average Bonchev–Trinajstić information content (AvgIpc) is 2.30. The van der Waals surface area contributed by atoms with E-state index in [1.54, 1.807) is 6.20 Å². The van der Waals surface area contributed by atoms with Gasteiger partial charge in [0.2, 0.25) is 0 Å². The quantitative estimate of drug-likeness (QED) is 0.798. The van der Waals surface area contributed by atoms with Crippen molar-refractivity contribution in [3.8, 4) is 0 Å². The highest BCUT2D eigenvalue weighted by Crippen LogP contribution is 2.20. The van der Waals surface area contributed by atoms with Crippen molar-refractivity contribution in [3.05, 3.63) is 23.9 Å². The molecule has 0 unspecified atom stereocenters. The molecule has 16 heavy (non-hydrogen) atoms. The molecular formula is C12H19N3S. The van der Waals surface area contributed by atoms with Gasteiger partial charge in [0.25, 0.3) is 0 Å². The van der Waals surface area contributed by atoms with Gasteiger partial charge in [-0.25, -0.2) is 4.98 Å². The number of rotatable bonds is 5. The lowest BCUT2D eigenvalue weighted by molar-refractivity contribution is 0.586. The van der Waals surface area contributed by atoms with Gasteiger partial charge in [-0.05, 0) is 25.0 Å². The van der Waals surface area contributed by atoms with Crippen LogP contribution in [0.1, 0.15) is 32.3 Å². The van der Waals surface area contributed by atoms with E-state index in [0.29, 0.717) is 11.0 Å². The summed E-state index contributed by atoms with van der Waals surface area (Å²) in [7, 11) is 2.04. The van der Waals surface area contributed by atoms with Gasteiger partial charge in [-0.2, -0.15) is 0 Å². The highest BCUT2D eigenvalue weighted by molar-refractivity contribution is 7.80. The Balaban J connectivity index is 3.07. The molecule has 1 aromatic rings. The molecule has 0 amide bonds. The largest absolute Gasteiger partial charge is 0.389 e. The van der Waals surface area contributed by atoms with Crippen LogP contribution in [0.4, 0.5) is 5.82 Å². The minimum absolute atomic E-state index is 0.404. The Morgan fingerprint density at radius 1 is 1.50 bits per heavy atom. The molecule has 0 aliphatic rings. The fraction of sp³-hybridized carbons (Fsp3) is 0.500. The summed E-state index contributed by atoms with van der Waals surface area (Å²) in [6.45, 7) is 4.35. The second-order valence-corrected chi connectivity index (χ2v) is 4.26. The SMILES string of the molecule is CCC(CC)N(C)c1ncccc1C(N)=S. The molecule has 0 aliphatic heterocycles. The number of anilines is 1. The van der Waals surface area contributed by atoms with Gasteiger partial charge in [0.05, 0.1) is 5.56 Å². The zero-order valence-electron chi connectivity index (χ0n) is 10.1. The van der Waals surface area contributed by atoms with Crippen molar-refractivity contribution in [2.45, 2.75) is 32.7 Å². The lowest BCUT2D eigenvalue weighted by Gasteiger charge is -2.28. The second kappa shape index (κ2) is 5.80. The van der Waals surface area contributed by atoms with E-state index in [1.807, 2.05) is 19.2 Å². The van der Waals surface area contributed by atoms with Crippen molar-refractivity contribution >= 4 is 23.0 Å². The first-order valence-electron chi connectivity index (χ1n) is 5.59. The van der Waals surface area contributed by atoms with Gasteiger partial charge in [0.1, 0.15) is 10.8 Å². The zero-order chi connectivity index (χ0) is 12.1. The van der Waals surface area contributed by atoms with Gasteiger partial charge in [0.15, 0.2) is 0 Å². The van der Waals surface area contributed by atoms with E-state index in [2.05, 4.69) is 23.7 Å². The third-order valence-corrected chi connectivity index (χ3v) is 3.10. The van der Waals surface area contributed by atoms with E-state index in [0.717, 1.165) is 24.2 Å². The van der Waals surface area contributed by atoms with E-state index in [9.17, 15) is 0 Å². The fourth-order valence-corrected chi connectivity index (χ4v) is 2.04. The molecular weight excluding hydrogens is 218 g/mol. The maximum atomic E-state index is 5.70. The summed E-state index contributed by atoms with van der Waals surface area (Å²) in [5.74, 6) is 0.878. The molecule has 0 spiro atoms. The summed E-state index contributed by atoms with van der Waals surface area (Å²) in [6, 6.07) is 4.26. The maximum Gasteiger partial charge on any atom is 0.138 e. The van der Waals surface area contributed by atoms with Crippen LogP contribution in [0, 0.1) is 0 Å². The molecule has 1 rings (SSSR count). The van der Waals surface area contributed by atoms with Crippen LogP contribution in [0.5, 0.6) is 0 Å². The van der Waals surface area contributed by atoms with Crippen molar-refractivity contribution < 1.29 is 0 Å². The lowest BCUT2D eigenvalue weighted by Crippen LogP contribution is -2.33. The average molecular weight is 237 g/mol. The van der Waals surface area contributed by atoms with Crippen molar-refractivity contribution in [1.82, 2.24) is 4.98 Å². The molecule has 0 radical (unpaired) electrons. The predicted molar refractivity (Wildman–Crippen MR) is 72.9 cm³/mol. The number of pyridine rings is 1. The van der Waals surface area contributed by atoms with E-state index in [1.165, 1.54) is 0 Å². The molecule has 0 fully saturated rings. The van der Waals surface area contributed by atoms with Gasteiger partial charge in [0, 0.05) is 19.3 Å². The van der Waals surface area contributed by atoms with E-state index in [4.69, 9.17) is 18.0 Å². The van der Waals surface area contributed by atoms with Crippen LogP contribution in [0.2, 0.25) is 0 Å². The van der Waals surface area contributed by atoms with Crippen LogP contribution in [-0.4, -0.2) is 23.1 Å². The van der Waals surface area contributed by atoms with Crippen LogP contribution in [0.25, 0.3) is 0 Å². The number of thiocarbonyl (C=S) groups is 1. The molecule has 0 saturated carbocycles. The molecule has 0 atom stereocenters. The Bertz CT molecular complexity index is 361. The van der Waals surface area contributed by atoms with Crippen molar-refractivity contribution in [2.75, 3.05) is 11.9 Å². The first kappa shape index (κ1) is 12.9. The summed E-state index contributed by atoms with van der Waals surface area (Å²) in [5, 5.41) is 0. The van der Waals surface area contributed by atoms with Gasteiger partial charge < -0.3 is 10.6 Å². The van der Waals surface area contributed by atoms with Crippen LogP contribution in [-0.2, 0) is 0 Å². The zero-order valence-corrected chi connectivity index (χ0v) is 10.9. The number of nitrogens with two attached hydrogens (primary N) is 1. The smallest absolute Gasteiger partial charge is 0.138 e. The number of hydrogen-bond acceptors (Lipinski definition) is 3. The first-order valence-corrected chi connectivity index (χ1v) is 6.00. The number of nitrogens with zero attached hydrogens (tertiary/aromatic N) is 2. The van der Waals surface area contributed by atoms with Gasteiger partial charge in [-0.3, -0.25) is 0 Å². The number of aromatic nitrogens is 1. The summed E-state index contributed by atoms with van der Waals surface area (Å²) in [5.41, 5.74) is 6.55. The standard InChI is InChI=1S/C12H19N3S/c1-4-9(5-2)15(3)12-10(11(13)16)7-6-8-14-12/h6-9H,4-5H2,1-3H3,(H2,13,16). The highest BCUT2D eigenvalue weighted by Gasteiger charge is 2.16. The summed E-state index contributed by atoms with van der Waals surface area (Å²) in [6.07, 6.45) is 3.94. The van der Waals surface area contributed by atoms with E-state index >= 15 is 0 Å². The van der Waals surface area contributed by atoms with Crippen LogP contribution in [0.3, 0.4) is 0 Å². The van der Waals surface area contributed by atoms with E-state index in [-0.39, 0.29) is 0 Å². The molecule has 0 bridgehead atoms. The fourth-order valence-electron chi connectivity index (χ4n) is 1.88. The third kappa shape index (κ3) is 2.70. The van der Waals surface area contributed by atoms with Crippen molar-refractivity contribution in [3.63, 3.8) is 0 Å². The minimum atomic E-state index is 0.404. The third-order valence-electron chi connectivity index (χ3n) is 2.88. The van der Waals surface area contributed by atoms with Gasteiger partial charge >= 0.3 is 0 Å². The second-order valence-electron chi connectivity index (χ2n) is 3.82. The minimum Gasteiger partial charge on any atom is -0.389 e. The van der Waals surface area contributed by atoms with E-state index < -0.39 is 0 Å². The maximum absolute atomic E-state index is 5.70. The monoisotopic (exact) mass is 237 g/mol. The Labute approximate surface area is 103 Å². The topological polar surface area (TPSA) is 42.2 Å². The van der Waals surface area contributed by atoms with Gasteiger partial charge in [-0.1, -0.05) is 26.1 Å². The molecule has 1 heterocycles. The van der Waals surface area contributed by atoms with Crippen molar-refractivity contribution in [2.24, 2.45) is 5.73 Å². The Hall–Kier alpha value is -1.16. The molecule has 3 nitrogen and oxygen atoms in total. The predicted octanol–water partition coefficient (Wildman–Crippen LogP) is 2.34.